The highest BCUT2D eigenvalue weighted by Gasteiger charge is 2.22. The van der Waals surface area contributed by atoms with E-state index in [1.54, 1.807) is 6.33 Å². The number of alkyl halides is 1. The topological polar surface area (TPSA) is 34.0 Å². The average Bonchev–Trinajstić information content (AvgIpc) is 2.86. The van der Waals surface area contributed by atoms with Gasteiger partial charge in [-0.3, -0.25) is 4.90 Å². The Kier molecular flexibility index (Phi) is 6.30. The summed E-state index contributed by atoms with van der Waals surface area (Å²) in [6, 6.07) is 0.673. The van der Waals surface area contributed by atoms with Crippen LogP contribution in [-0.4, -0.2) is 38.1 Å². The molecule has 20 heavy (non-hydrogen) atoms. The fourth-order valence-electron chi connectivity index (χ4n) is 3.04. The van der Waals surface area contributed by atoms with Crippen LogP contribution in [0.3, 0.4) is 0 Å². The van der Waals surface area contributed by atoms with Gasteiger partial charge in [-0.1, -0.05) is 33.1 Å². The highest BCUT2D eigenvalue weighted by atomic mass is 35.5. The number of rotatable bonds is 7. The summed E-state index contributed by atoms with van der Waals surface area (Å²) in [6.07, 6.45) is 8.36. The summed E-state index contributed by atoms with van der Waals surface area (Å²) in [5.74, 6) is 2.36. The molecule has 5 heteroatoms. The first-order valence-corrected chi connectivity index (χ1v) is 8.41. The minimum Gasteiger partial charge on any atom is -0.292 e. The Morgan fingerprint density at radius 1 is 1.35 bits per heavy atom. The van der Waals surface area contributed by atoms with Crippen LogP contribution in [0.5, 0.6) is 0 Å². The summed E-state index contributed by atoms with van der Waals surface area (Å²) in [7, 11) is 0. The molecule has 114 valence electrons. The summed E-state index contributed by atoms with van der Waals surface area (Å²) in [5, 5.41) is 4.36. The van der Waals surface area contributed by atoms with Gasteiger partial charge in [0.15, 0.2) is 0 Å². The number of hydrogen-bond donors (Lipinski definition) is 0. The van der Waals surface area contributed by atoms with Gasteiger partial charge in [-0.05, 0) is 18.8 Å². The van der Waals surface area contributed by atoms with Gasteiger partial charge in [0.2, 0.25) is 0 Å². The van der Waals surface area contributed by atoms with Crippen LogP contribution in [0.1, 0.15) is 51.8 Å². The number of nitrogens with zero attached hydrogens (tertiary/aromatic N) is 4. The third-order valence-electron chi connectivity index (χ3n) is 4.04. The molecule has 0 spiro atoms. The highest BCUT2D eigenvalue weighted by molar-refractivity contribution is 6.18. The standard InChI is InChI=1S/C15H27ClN4/c1-13(2)10-20-15(17-12-18-20)11-19(9-8-16)14-6-4-3-5-7-14/h12-14H,3-11H2,1-2H3. The first kappa shape index (κ1) is 15.8. The van der Waals surface area contributed by atoms with E-state index in [1.165, 1.54) is 32.1 Å². The predicted octanol–water partition coefficient (Wildman–Crippen LogP) is 3.31. The van der Waals surface area contributed by atoms with Crippen molar-refractivity contribution in [1.29, 1.82) is 0 Å². The minimum absolute atomic E-state index is 0.589. The van der Waals surface area contributed by atoms with E-state index in [1.807, 2.05) is 0 Å². The van der Waals surface area contributed by atoms with Crippen LogP contribution >= 0.6 is 11.6 Å². The zero-order chi connectivity index (χ0) is 14.4. The fraction of sp³-hybridized carbons (Fsp3) is 0.867. The molecule has 1 fully saturated rings. The lowest BCUT2D eigenvalue weighted by atomic mass is 9.94. The van der Waals surface area contributed by atoms with E-state index in [2.05, 4.69) is 33.5 Å². The Morgan fingerprint density at radius 2 is 2.10 bits per heavy atom. The number of hydrogen-bond acceptors (Lipinski definition) is 3. The largest absolute Gasteiger partial charge is 0.292 e. The summed E-state index contributed by atoms with van der Waals surface area (Å²) in [6.45, 7) is 7.19. The average molecular weight is 299 g/mol. The molecule has 1 aliphatic carbocycles. The molecule has 1 aromatic heterocycles. The van der Waals surface area contributed by atoms with Crippen LogP contribution in [0.25, 0.3) is 0 Å². The number of halogens is 1. The third-order valence-corrected chi connectivity index (χ3v) is 4.21. The van der Waals surface area contributed by atoms with E-state index in [0.717, 1.165) is 25.5 Å². The Bertz CT molecular complexity index is 385. The van der Waals surface area contributed by atoms with Crippen molar-refractivity contribution in [2.24, 2.45) is 5.92 Å². The van der Waals surface area contributed by atoms with Crippen LogP contribution in [0, 0.1) is 5.92 Å². The molecule has 0 atom stereocenters. The molecule has 0 aliphatic heterocycles. The maximum atomic E-state index is 6.00. The second-order valence-corrected chi connectivity index (χ2v) is 6.58. The molecule has 0 unspecified atom stereocenters. The van der Waals surface area contributed by atoms with Crippen LogP contribution < -0.4 is 0 Å². The van der Waals surface area contributed by atoms with Gasteiger partial charge >= 0.3 is 0 Å². The van der Waals surface area contributed by atoms with E-state index >= 15 is 0 Å². The molecule has 2 rings (SSSR count). The van der Waals surface area contributed by atoms with Gasteiger partial charge in [-0.25, -0.2) is 9.67 Å². The molecule has 0 amide bonds. The Balaban J connectivity index is 2.01. The SMILES string of the molecule is CC(C)Cn1ncnc1CN(CCCl)C1CCCCC1. The summed E-state index contributed by atoms with van der Waals surface area (Å²) < 4.78 is 2.05. The molecule has 1 aromatic rings. The van der Waals surface area contributed by atoms with Gasteiger partial charge in [0.1, 0.15) is 12.2 Å². The zero-order valence-electron chi connectivity index (χ0n) is 12.8. The Labute approximate surface area is 127 Å². The van der Waals surface area contributed by atoms with E-state index in [0.29, 0.717) is 17.8 Å². The van der Waals surface area contributed by atoms with Crippen molar-refractivity contribution in [3.05, 3.63) is 12.2 Å². The van der Waals surface area contributed by atoms with Crippen LogP contribution in [0.4, 0.5) is 0 Å². The Morgan fingerprint density at radius 3 is 2.75 bits per heavy atom. The maximum Gasteiger partial charge on any atom is 0.141 e. The molecule has 1 aliphatic rings. The molecule has 0 bridgehead atoms. The molecule has 0 radical (unpaired) electrons. The van der Waals surface area contributed by atoms with Crippen LogP contribution in [0.15, 0.2) is 6.33 Å². The van der Waals surface area contributed by atoms with Gasteiger partial charge < -0.3 is 0 Å². The van der Waals surface area contributed by atoms with Gasteiger partial charge in [0.25, 0.3) is 0 Å². The second-order valence-electron chi connectivity index (χ2n) is 6.20. The third kappa shape index (κ3) is 4.45. The molecule has 4 nitrogen and oxygen atoms in total. The lowest BCUT2D eigenvalue weighted by molar-refractivity contribution is 0.150. The number of aromatic nitrogens is 3. The second kappa shape index (κ2) is 7.99. The van der Waals surface area contributed by atoms with Crippen molar-refractivity contribution in [3.8, 4) is 0 Å². The first-order valence-electron chi connectivity index (χ1n) is 7.87. The molecule has 1 heterocycles. The van der Waals surface area contributed by atoms with Gasteiger partial charge in [0.05, 0.1) is 6.54 Å². The first-order chi connectivity index (χ1) is 9.70. The van der Waals surface area contributed by atoms with E-state index in [9.17, 15) is 0 Å². The van der Waals surface area contributed by atoms with Crippen molar-refractivity contribution in [2.45, 2.75) is 65.1 Å². The van der Waals surface area contributed by atoms with E-state index in [-0.39, 0.29) is 0 Å². The molecule has 1 saturated carbocycles. The van der Waals surface area contributed by atoms with Gasteiger partial charge in [-0.15, -0.1) is 11.6 Å². The van der Waals surface area contributed by atoms with Gasteiger partial charge in [0, 0.05) is 25.0 Å². The molecule has 0 saturated heterocycles. The molecular weight excluding hydrogens is 272 g/mol. The van der Waals surface area contributed by atoms with Crippen molar-refractivity contribution >= 4 is 11.6 Å². The van der Waals surface area contributed by atoms with Gasteiger partial charge in [-0.2, -0.15) is 5.10 Å². The Hall–Kier alpha value is -0.610. The smallest absolute Gasteiger partial charge is 0.141 e. The quantitative estimate of drug-likeness (QED) is 0.724. The highest BCUT2D eigenvalue weighted by Crippen LogP contribution is 2.23. The van der Waals surface area contributed by atoms with Crippen LogP contribution in [-0.2, 0) is 13.1 Å². The predicted molar refractivity (Wildman–Crippen MR) is 82.9 cm³/mol. The molecular formula is C15H27ClN4. The van der Waals surface area contributed by atoms with Crippen molar-refractivity contribution in [3.63, 3.8) is 0 Å². The summed E-state index contributed by atoms with van der Waals surface area (Å²) in [4.78, 5) is 6.96. The monoisotopic (exact) mass is 298 g/mol. The summed E-state index contributed by atoms with van der Waals surface area (Å²) >= 11 is 6.00. The normalized spacial score (nSPS) is 17.2. The fourth-order valence-corrected chi connectivity index (χ4v) is 3.25. The van der Waals surface area contributed by atoms with E-state index in [4.69, 9.17) is 11.6 Å². The zero-order valence-corrected chi connectivity index (χ0v) is 13.5. The minimum atomic E-state index is 0.589. The lowest BCUT2D eigenvalue weighted by Crippen LogP contribution is -2.38. The van der Waals surface area contributed by atoms with E-state index < -0.39 is 0 Å². The van der Waals surface area contributed by atoms with Crippen LogP contribution in [0.2, 0.25) is 0 Å². The van der Waals surface area contributed by atoms with Crippen molar-refractivity contribution in [1.82, 2.24) is 19.7 Å². The van der Waals surface area contributed by atoms with Crippen molar-refractivity contribution < 1.29 is 0 Å². The van der Waals surface area contributed by atoms with Crippen molar-refractivity contribution in [2.75, 3.05) is 12.4 Å². The molecule has 0 aromatic carbocycles. The maximum absolute atomic E-state index is 6.00. The lowest BCUT2D eigenvalue weighted by Gasteiger charge is -2.33. The molecule has 0 N–H and O–H groups in total. The summed E-state index contributed by atoms with van der Waals surface area (Å²) in [5.41, 5.74) is 0.